The van der Waals surface area contributed by atoms with Crippen LogP contribution in [0.15, 0.2) is 34.6 Å². The van der Waals surface area contributed by atoms with Crippen molar-refractivity contribution in [1.29, 1.82) is 0 Å². The number of aryl methyl sites for hydroxylation is 1. The number of rotatable bonds is 3. The first-order chi connectivity index (χ1) is 11.4. The van der Waals surface area contributed by atoms with Crippen molar-refractivity contribution in [1.82, 2.24) is 9.88 Å². The number of carbonyl (C=O) groups is 2. The Balaban J connectivity index is 1.73. The van der Waals surface area contributed by atoms with Crippen LogP contribution in [0.2, 0.25) is 0 Å². The summed E-state index contributed by atoms with van der Waals surface area (Å²) in [6.07, 6.45) is 1.77. The minimum atomic E-state index is -0.212. The zero-order chi connectivity index (χ0) is 17.3. The number of nitrogens with zero attached hydrogens (tertiary/aromatic N) is 2. The number of thiocarbonyl (C=S) groups is 1. The standard InChI is InChI=1S/C16H13N3O2S3/c1-9-8-23-15(17-9)18-13(20)11-5-3-10(4-6-11)7-12-14(21)19(2)16(22)24-12/h3-8H,1-2H3,(H,17,18,20). The summed E-state index contributed by atoms with van der Waals surface area (Å²) < 4.78 is 0.543. The van der Waals surface area contributed by atoms with E-state index in [4.69, 9.17) is 12.2 Å². The second-order valence-corrected chi connectivity index (χ2v) is 7.64. The highest BCUT2D eigenvalue weighted by Crippen LogP contribution is 2.31. The Labute approximate surface area is 152 Å². The van der Waals surface area contributed by atoms with Gasteiger partial charge in [-0.25, -0.2) is 4.98 Å². The van der Waals surface area contributed by atoms with Crippen LogP contribution in [0.4, 0.5) is 5.13 Å². The van der Waals surface area contributed by atoms with Crippen LogP contribution >= 0.6 is 35.3 Å². The molecule has 0 spiro atoms. The van der Waals surface area contributed by atoms with E-state index in [1.807, 2.05) is 12.3 Å². The van der Waals surface area contributed by atoms with Gasteiger partial charge in [-0.05, 0) is 30.7 Å². The number of likely N-dealkylation sites (N-methyl/N-ethyl adjacent to an activating group) is 1. The minimum Gasteiger partial charge on any atom is -0.298 e. The van der Waals surface area contributed by atoms with Gasteiger partial charge in [-0.2, -0.15) is 0 Å². The maximum Gasteiger partial charge on any atom is 0.265 e. The molecule has 2 aromatic rings. The molecule has 1 saturated heterocycles. The Bertz CT molecular complexity index is 856. The first-order valence-corrected chi connectivity index (χ1v) is 9.09. The van der Waals surface area contributed by atoms with Gasteiger partial charge >= 0.3 is 0 Å². The number of carbonyl (C=O) groups excluding carboxylic acids is 2. The van der Waals surface area contributed by atoms with E-state index in [0.29, 0.717) is 19.9 Å². The highest BCUT2D eigenvalue weighted by molar-refractivity contribution is 8.26. The molecule has 2 amide bonds. The molecular formula is C16H13N3O2S3. The Morgan fingerprint density at radius 2 is 2.04 bits per heavy atom. The van der Waals surface area contributed by atoms with E-state index in [0.717, 1.165) is 11.3 Å². The van der Waals surface area contributed by atoms with Crippen LogP contribution in [0.5, 0.6) is 0 Å². The van der Waals surface area contributed by atoms with Crippen LogP contribution in [0, 0.1) is 6.92 Å². The Morgan fingerprint density at radius 3 is 2.58 bits per heavy atom. The lowest BCUT2D eigenvalue weighted by Crippen LogP contribution is -2.22. The summed E-state index contributed by atoms with van der Waals surface area (Å²) in [6, 6.07) is 7.02. The fourth-order valence-electron chi connectivity index (χ4n) is 2.01. The topological polar surface area (TPSA) is 62.3 Å². The van der Waals surface area contributed by atoms with E-state index in [2.05, 4.69) is 10.3 Å². The van der Waals surface area contributed by atoms with Crippen LogP contribution in [0.3, 0.4) is 0 Å². The molecule has 5 nitrogen and oxygen atoms in total. The third kappa shape index (κ3) is 3.55. The molecule has 0 aliphatic carbocycles. The van der Waals surface area contributed by atoms with E-state index >= 15 is 0 Å². The monoisotopic (exact) mass is 375 g/mol. The molecule has 0 atom stereocenters. The minimum absolute atomic E-state index is 0.106. The van der Waals surface area contributed by atoms with Crippen LogP contribution in [0.1, 0.15) is 21.6 Å². The predicted molar refractivity (Wildman–Crippen MR) is 102 cm³/mol. The highest BCUT2D eigenvalue weighted by atomic mass is 32.2. The number of nitrogens with one attached hydrogen (secondary N) is 1. The van der Waals surface area contributed by atoms with Crippen molar-refractivity contribution >= 4 is 62.7 Å². The summed E-state index contributed by atoms with van der Waals surface area (Å²) in [5, 5.41) is 5.22. The van der Waals surface area contributed by atoms with Crippen LogP contribution in [-0.4, -0.2) is 33.1 Å². The fourth-order valence-corrected chi connectivity index (χ4v) is 3.87. The molecule has 0 unspecified atom stereocenters. The second kappa shape index (κ2) is 6.84. The first kappa shape index (κ1) is 16.8. The van der Waals surface area contributed by atoms with Crippen molar-refractivity contribution in [2.24, 2.45) is 0 Å². The number of benzene rings is 1. The van der Waals surface area contributed by atoms with Gasteiger partial charge in [0.1, 0.15) is 4.32 Å². The summed E-state index contributed by atoms with van der Waals surface area (Å²) in [5.41, 5.74) is 2.24. The maximum absolute atomic E-state index is 12.2. The van der Waals surface area contributed by atoms with Crippen molar-refractivity contribution in [2.75, 3.05) is 12.4 Å². The average Bonchev–Trinajstić information content (AvgIpc) is 3.07. The number of thiazole rings is 1. The third-order valence-electron chi connectivity index (χ3n) is 3.30. The smallest absolute Gasteiger partial charge is 0.265 e. The molecule has 122 valence electrons. The summed E-state index contributed by atoms with van der Waals surface area (Å²) in [6.45, 7) is 1.87. The molecule has 1 fully saturated rings. The largest absolute Gasteiger partial charge is 0.298 e. The zero-order valence-electron chi connectivity index (χ0n) is 12.9. The van der Waals surface area contributed by atoms with Gasteiger partial charge in [0.2, 0.25) is 0 Å². The van der Waals surface area contributed by atoms with Crippen molar-refractivity contribution in [2.45, 2.75) is 6.92 Å². The lowest BCUT2D eigenvalue weighted by molar-refractivity contribution is -0.121. The number of hydrogen-bond donors (Lipinski definition) is 1. The average molecular weight is 376 g/mol. The molecule has 2 heterocycles. The number of anilines is 1. The lowest BCUT2D eigenvalue weighted by atomic mass is 10.1. The normalized spacial score (nSPS) is 16.1. The van der Waals surface area contributed by atoms with Crippen LogP contribution < -0.4 is 5.32 Å². The molecule has 1 N–H and O–H groups in total. The molecule has 3 rings (SSSR count). The molecule has 24 heavy (non-hydrogen) atoms. The van der Waals surface area contributed by atoms with E-state index in [-0.39, 0.29) is 11.8 Å². The molecule has 0 radical (unpaired) electrons. The van der Waals surface area contributed by atoms with Crippen molar-refractivity contribution in [3.05, 3.63) is 51.4 Å². The molecule has 1 aromatic carbocycles. The first-order valence-electron chi connectivity index (χ1n) is 6.99. The Morgan fingerprint density at radius 1 is 1.33 bits per heavy atom. The number of thioether (sulfide) groups is 1. The molecule has 1 aliphatic rings. The molecule has 1 aliphatic heterocycles. The lowest BCUT2D eigenvalue weighted by Gasteiger charge is -2.04. The zero-order valence-corrected chi connectivity index (χ0v) is 15.3. The molecule has 0 bridgehead atoms. The number of amides is 2. The molecule has 0 saturated carbocycles. The second-order valence-electron chi connectivity index (χ2n) is 5.11. The van der Waals surface area contributed by atoms with Gasteiger partial charge in [0.05, 0.1) is 10.6 Å². The Hall–Kier alpha value is -2.03. The van der Waals surface area contributed by atoms with Crippen LogP contribution in [-0.2, 0) is 4.79 Å². The number of hydrogen-bond acceptors (Lipinski definition) is 6. The van der Waals surface area contributed by atoms with E-state index in [1.54, 1.807) is 37.4 Å². The summed E-state index contributed by atoms with van der Waals surface area (Å²) >= 11 is 7.76. The van der Waals surface area contributed by atoms with Gasteiger partial charge in [-0.3, -0.25) is 19.8 Å². The van der Waals surface area contributed by atoms with E-state index < -0.39 is 0 Å². The van der Waals surface area contributed by atoms with E-state index in [9.17, 15) is 9.59 Å². The SMILES string of the molecule is Cc1csc(NC(=O)c2ccc(C=C3SC(=S)N(C)C3=O)cc2)n1. The molecule has 8 heteroatoms. The fraction of sp³-hybridized carbons (Fsp3) is 0.125. The van der Waals surface area contributed by atoms with Gasteiger partial charge < -0.3 is 0 Å². The van der Waals surface area contributed by atoms with Gasteiger partial charge in [0.15, 0.2) is 5.13 Å². The van der Waals surface area contributed by atoms with Crippen molar-refractivity contribution in [3.8, 4) is 0 Å². The van der Waals surface area contributed by atoms with Gasteiger partial charge in [0.25, 0.3) is 11.8 Å². The number of aromatic nitrogens is 1. The summed E-state index contributed by atoms with van der Waals surface area (Å²) in [4.78, 5) is 30.4. The van der Waals surface area contributed by atoms with Gasteiger partial charge in [-0.1, -0.05) is 36.1 Å². The third-order valence-corrected chi connectivity index (χ3v) is 5.66. The predicted octanol–water partition coefficient (Wildman–Crippen LogP) is 3.53. The quantitative estimate of drug-likeness (QED) is 0.657. The maximum atomic E-state index is 12.2. The van der Waals surface area contributed by atoms with Gasteiger partial charge in [-0.15, -0.1) is 11.3 Å². The highest BCUT2D eigenvalue weighted by Gasteiger charge is 2.28. The van der Waals surface area contributed by atoms with E-state index in [1.165, 1.54) is 28.0 Å². The van der Waals surface area contributed by atoms with Crippen LogP contribution in [0.25, 0.3) is 6.08 Å². The van der Waals surface area contributed by atoms with Gasteiger partial charge in [0, 0.05) is 18.0 Å². The summed E-state index contributed by atoms with van der Waals surface area (Å²) in [7, 11) is 1.66. The van der Waals surface area contributed by atoms with Crippen molar-refractivity contribution in [3.63, 3.8) is 0 Å². The molecular weight excluding hydrogens is 362 g/mol. The Kier molecular flexibility index (Phi) is 4.79. The molecule has 1 aromatic heterocycles. The summed E-state index contributed by atoms with van der Waals surface area (Å²) in [5.74, 6) is -0.318. The van der Waals surface area contributed by atoms with Crippen molar-refractivity contribution < 1.29 is 9.59 Å².